The molecule has 0 spiro atoms. The quantitative estimate of drug-likeness (QED) is 0.735. The lowest BCUT2D eigenvalue weighted by Gasteiger charge is -2.06. The summed E-state index contributed by atoms with van der Waals surface area (Å²) in [7, 11) is 0. The van der Waals surface area contributed by atoms with Crippen molar-refractivity contribution in [2.75, 3.05) is 5.75 Å². The molecule has 0 saturated carbocycles. The van der Waals surface area contributed by atoms with Crippen molar-refractivity contribution in [2.45, 2.75) is 25.2 Å². The Morgan fingerprint density at radius 1 is 1.38 bits per heavy atom. The van der Waals surface area contributed by atoms with Gasteiger partial charge in [-0.15, -0.1) is 11.8 Å². The molecule has 16 heavy (non-hydrogen) atoms. The van der Waals surface area contributed by atoms with E-state index in [0.29, 0.717) is 10.6 Å². The minimum Gasteiger partial charge on any atom is -0.298 e. The highest BCUT2D eigenvalue weighted by Gasteiger charge is 2.11. The molecule has 0 aliphatic heterocycles. The number of Topliss-reactive ketones (excluding diaryl/α,β-unsaturated/α-hetero) is 1. The van der Waals surface area contributed by atoms with Gasteiger partial charge in [0.25, 0.3) is 0 Å². The smallest absolute Gasteiger partial charge is 0.159 e. The third kappa shape index (κ3) is 3.59. The maximum atomic E-state index is 12.9. The minimum atomic E-state index is -0.874. The second-order valence-corrected chi connectivity index (χ2v) is 4.69. The van der Waals surface area contributed by atoms with Crippen LogP contribution in [0.1, 0.15) is 20.3 Å². The Labute approximate surface area is 98.2 Å². The zero-order chi connectivity index (χ0) is 12.1. The number of thioether (sulfide) groups is 1. The van der Waals surface area contributed by atoms with Crippen LogP contribution in [0.5, 0.6) is 0 Å². The molecule has 0 N–H and O–H groups in total. The zero-order valence-electron chi connectivity index (χ0n) is 9.30. The van der Waals surface area contributed by atoms with Gasteiger partial charge in [-0.3, -0.25) is 4.79 Å². The van der Waals surface area contributed by atoms with E-state index in [1.165, 1.54) is 17.8 Å². The highest BCUT2D eigenvalue weighted by atomic mass is 32.2. The number of carbonyl (C=O) groups excluding carboxylic acids is 1. The van der Waals surface area contributed by atoms with Gasteiger partial charge >= 0.3 is 0 Å². The second kappa shape index (κ2) is 5.99. The van der Waals surface area contributed by atoms with Crippen LogP contribution in [-0.4, -0.2) is 11.5 Å². The number of hydrogen-bond acceptors (Lipinski definition) is 2. The van der Waals surface area contributed by atoms with Crippen LogP contribution in [0.25, 0.3) is 0 Å². The summed E-state index contributed by atoms with van der Waals surface area (Å²) in [4.78, 5) is 12.1. The topological polar surface area (TPSA) is 17.1 Å². The summed E-state index contributed by atoms with van der Waals surface area (Å²) in [5.74, 6) is -1.27. The molecule has 1 nitrogen and oxygen atoms in total. The van der Waals surface area contributed by atoms with Gasteiger partial charge in [0, 0.05) is 10.8 Å². The number of carbonyl (C=O) groups is 1. The van der Waals surface area contributed by atoms with Gasteiger partial charge in [0.2, 0.25) is 0 Å². The Bertz CT molecular complexity index is 379. The Kier molecular flexibility index (Phi) is 4.93. The Balaban J connectivity index is 2.55. The van der Waals surface area contributed by atoms with Crippen molar-refractivity contribution in [1.82, 2.24) is 0 Å². The highest BCUT2D eigenvalue weighted by Crippen LogP contribution is 2.21. The van der Waals surface area contributed by atoms with Gasteiger partial charge < -0.3 is 0 Å². The van der Waals surface area contributed by atoms with Gasteiger partial charge in [0.05, 0.1) is 5.75 Å². The lowest BCUT2D eigenvalue weighted by atomic mass is 10.1. The summed E-state index contributed by atoms with van der Waals surface area (Å²) in [5, 5.41) is 0. The van der Waals surface area contributed by atoms with Crippen LogP contribution in [0.2, 0.25) is 0 Å². The monoisotopic (exact) mass is 244 g/mol. The molecule has 1 aromatic rings. The van der Waals surface area contributed by atoms with E-state index in [-0.39, 0.29) is 11.7 Å². The summed E-state index contributed by atoms with van der Waals surface area (Å²) >= 11 is 1.24. The lowest BCUT2D eigenvalue weighted by molar-refractivity contribution is -0.119. The van der Waals surface area contributed by atoms with Crippen LogP contribution in [-0.2, 0) is 4.79 Å². The van der Waals surface area contributed by atoms with E-state index >= 15 is 0 Å². The molecule has 0 aromatic heterocycles. The summed E-state index contributed by atoms with van der Waals surface area (Å²) in [5.41, 5.74) is 0. The van der Waals surface area contributed by atoms with E-state index in [0.717, 1.165) is 18.6 Å². The Hall–Kier alpha value is -0.900. The normalized spacial score (nSPS) is 12.5. The van der Waals surface area contributed by atoms with E-state index < -0.39 is 11.6 Å². The van der Waals surface area contributed by atoms with Gasteiger partial charge in [-0.25, -0.2) is 8.78 Å². The zero-order valence-corrected chi connectivity index (χ0v) is 10.1. The van der Waals surface area contributed by atoms with Crippen molar-refractivity contribution in [3.05, 3.63) is 29.8 Å². The Morgan fingerprint density at radius 2 is 2.06 bits per heavy atom. The van der Waals surface area contributed by atoms with Gasteiger partial charge in [-0.2, -0.15) is 0 Å². The van der Waals surface area contributed by atoms with Crippen molar-refractivity contribution in [2.24, 2.45) is 5.92 Å². The molecule has 1 atom stereocenters. The molecule has 0 fully saturated rings. The standard InChI is InChI=1S/C12H14F2OS/c1-3-8(2)12(15)7-16-9-4-5-10(13)11(14)6-9/h4-6,8H,3,7H2,1-2H3. The van der Waals surface area contributed by atoms with Gasteiger partial charge in [-0.1, -0.05) is 13.8 Å². The van der Waals surface area contributed by atoms with Gasteiger partial charge in [0.1, 0.15) is 5.78 Å². The van der Waals surface area contributed by atoms with Crippen LogP contribution in [0.3, 0.4) is 0 Å². The molecule has 0 aliphatic carbocycles. The molecule has 1 rings (SSSR count). The molecule has 88 valence electrons. The summed E-state index contributed by atoms with van der Waals surface area (Å²) in [6.45, 7) is 3.82. The maximum absolute atomic E-state index is 12.9. The first-order chi connectivity index (χ1) is 7.54. The molecular formula is C12H14F2OS. The average Bonchev–Trinajstić information content (AvgIpc) is 2.29. The number of benzene rings is 1. The van der Waals surface area contributed by atoms with Gasteiger partial charge in [-0.05, 0) is 24.6 Å². The summed E-state index contributed by atoms with van der Waals surface area (Å²) in [6, 6.07) is 3.67. The minimum absolute atomic E-state index is 0.0257. The molecular weight excluding hydrogens is 230 g/mol. The molecule has 1 aromatic carbocycles. The molecule has 0 amide bonds. The fourth-order valence-corrected chi connectivity index (χ4v) is 2.04. The molecule has 0 heterocycles. The number of rotatable bonds is 5. The van der Waals surface area contributed by atoms with Crippen LogP contribution in [0.15, 0.2) is 23.1 Å². The molecule has 0 saturated heterocycles. The van der Waals surface area contributed by atoms with E-state index in [1.807, 2.05) is 13.8 Å². The summed E-state index contributed by atoms with van der Waals surface area (Å²) in [6.07, 6.45) is 0.803. The van der Waals surface area contributed by atoms with Crippen molar-refractivity contribution in [3.8, 4) is 0 Å². The van der Waals surface area contributed by atoms with Crippen molar-refractivity contribution in [1.29, 1.82) is 0 Å². The van der Waals surface area contributed by atoms with Crippen molar-refractivity contribution < 1.29 is 13.6 Å². The van der Waals surface area contributed by atoms with Crippen molar-refractivity contribution in [3.63, 3.8) is 0 Å². The number of halogens is 2. The van der Waals surface area contributed by atoms with E-state index in [2.05, 4.69) is 0 Å². The first kappa shape index (κ1) is 13.2. The maximum Gasteiger partial charge on any atom is 0.159 e. The Morgan fingerprint density at radius 3 is 2.62 bits per heavy atom. The fourth-order valence-electron chi connectivity index (χ4n) is 1.09. The molecule has 4 heteroatoms. The highest BCUT2D eigenvalue weighted by molar-refractivity contribution is 8.00. The fraction of sp³-hybridized carbons (Fsp3) is 0.417. The predicted octanol–water partition coefficient (Wildman–Crippen LogP) is 3.67. The third-order valence-corrected chi connectivity index (χ3v) is 3.45. The predicted molar refractivity (Wildman–Crippen MR) is 61.5 cm³/mol. The average molecular weight is 244 g/mol. The van der Waals surface area contributed by atoms with Crippen LogP contribution < -0.4 is 0 Å². The first-order valence-electron chi connectivity index (χ1n) is 5.15. The van der Waals surface area contributed by atoms with E-state index in [4.69, 9.17) is 0 Å². The van der Waals surface area contributed by atoms with E-state index in [1.54, 1.807) is 0 Å². The third-order valence-electron chi connectivity index (χ3n) is 2.43. The number of hydrogen-bond donors (Lipinski definition) is 0. The van der Waals surface area contributed by atoms with Crippen LogP contribution in [0, 0.1) is 17.6 Å². The molecule has 0 radical (unpaired) electrons. The largest absolute Gasteiger partial charge is 0.298 e. The summed E-state index contributed by atoms with van der Waals surface area (Å²) < 4.78 is 25.5. The van der Waals surface area contributed by atoms with Crippen molar-refractivity contribution >= 4 is 17.5 Å². The van der Waals surface area contributed by atoms with Gasteiger partial charge in [0.15, 0.2) is 11.6 Å². The first-order valence-corrected chi connectivity index (χ1v) is 6.13. The molecule has 1 unspecified atom stereocenters. The SMILES string of the molecule is CCC(C)C(=O)CSc1ccc(F)c(F)c1. The second-order valence-electron chi connectivity index (χ2n) is 3.64. The lowest BCUT2D eigenvalue weighted by Crippen LogP contribution is -2.12. The number of ketones is 1. The van der Waals surface area contributed by atoms with E-state index in [9.17, 15) is 13.6 Å². The van der Waals surface area contributed by atoms with Crippen LogP contribution >= 0.6 is 11.8 Å². The molecule has 0 bridgehead atoms. The molecule has 0 aliphatic rings. The van der Waals surface area contributed by atoms with Crippen LogP contribution in [0.4, 0.5) is 8.78 Å².